The van der Waals surface area contributed by atoms with E-state index in [1.54, 1.807) is 12.3 Å². The van der Waals surface area contributed by atoms with E-state index < -0.39 is 0 Å². The van der Waals surface area contributed by atoms with Crippen LogP contribution in [0.15, 0.2) is 91.4 Å². The van der Waals surface area contributed by atoms with Crippen LogP contribution in [0.1, 0.15) is 11.3 Å². The highest BCUT2D eigenvalue weighted by molar-refractivity contribution is 6.35. The molecule has 0 spiro atoms. The van der Waals surface area contributed by atoms with E-state index in [4.69, 9.17) is 0 Å². The summed E-state index contributed by atoms with van der Waals surface area (Å²) in [4.78, 5) is 4.29. The summed E-state index contributed by atoms with van der Waals surface area (Å²) >= 11 is 0. The lowest BCUT2D eigenvalue weighted by atomic mass is 9.96. The maximum atomic E-state index is 10.7. The first kappa shape index (κ1) is 16.3. The van der Waals surface area contributed by atoms with Gasteiger partial charge < -0.3 is 15.3 Å². The van der Waals surface area contributed by atoms with Crippen molar-refractivity contribution in [2.24, 2.45) is 0 Å². The topological polar surface area (TPSA) is 52.2 Å². The molecule has 2 aromatic carbocycles. The number of allylic oxidation sites excluding steroid dienone is 2. The van der Waals surface area contributed by atoms with Crippen LogP contribution >= 0.6 is 0 Å². The van der Waals surface area contributed by atoms with E-state index in [1.807, 2.05) is 73.1 Å². The van der Waals surface area contributed by atoms with Gasteiger partial charge in [-0.05, 0) is 35.9 Å². The molecule has 2 aromatic heterocycles. The van der Waals surface area contributed by atoms with Crippen LogP contribution in [0, 0.1) is 0 Å². The number of nitrogens with zero attached hydrogens (tertiary/aromatic N) is 3. The Kier molecular flexibility index (Phi) is 3.87. The fourth-order valence-corrected chi connectivity index (χ4v) is 3.66. The molecule has 4 nitrogen and oxygen atoms in total. The second kappa shape index (κ2) is 6.67. The number of benzene rings is 2. The lowest BCUT2D eigenvalue weighted by Crippen LogP contribution is -2.10. The van der Waals surface area contributed by atoms with Crippen LogP contribution < -0.4 is 5.32 Å². The van der Waals surface area contributed by atoms with Crippen LogP contribution in [-0.2, 0) is 0 Å². The molecule has 2 heterocycles. The number of fused-ring (bicyclic) bond motifs is 3. The van der Waals surface area contributed by atoms with Gasteiger partial charge in [-0.2, -0.15) is 0 Å². The summed E-state index contributed by atoms with van der Waals surface area (Å²) in [5.74, 6) is 0. The second-order valence-electron chi connectivity index (χ2n) is 6.61. The van der Waals surface area contributed by atoms with Crippen molar-refractivity contribution < 1.29 is 0 Å². The highest BCUT2D eigenvalue weighted by Crippen LogP contribution is 2.37. The number of hydrogen-bond acceptors (Lipinski definition) is 2. The van der Waals surface area contributed by atoms with Gasteiger partial charge >= 0.3 is 0 Å². The molecule has 0 bridgehead atoms. The Bertz CT molecular complexity index is 1230. The van der Waals surface area contributed by atoms with Crippen LogP contribution in [0.3, 0.4) is 0 Å². The predicted molar refractivity (Wildman–Crippen MR) is 117 cm³/mol. The van der Waals surface area contributed by atoms with Crippen molar-refractivity contribution in [1.29, 1.82) is 0 Å². The number of aromatic nitrogens is 2. The third-order valence-corrected chi connectivity index (χ3v) is 4.91. The van der Waals surface area contributed by atoms with Crippen molar-refractivity contribution in [3.05, 3.63) is 108 Å². The molecule has 0 unspecified atom stereocenters. The van der Waals surface area contributed by atoms with Gasteiger partial charge in [-0.3, -0.25) is 4.98 Å². The first-order valence-electron chi connectivity index (χ1n) is 9.13. The van der Waals surface area contributed by atoms with E-state index >= 15 is 0 Å². The SMILES string of the molecule is [N-]=C1C=Cc2c(n(-c3cccnc3)c3ccccc23)/C1=C/Nc1ccccc1. The molecule has 4 aromatic rings. The molecule has 0 aliphatic heterocycles. The maximum Gasteiger partial charge on any atom is 0.0645 e. The molecule has 134 valence electrons. The van der Waals surface area contributed by atoms with E-state index in [-0.39, 0.29) is 5.71 Å². The van der Waals surface area contributed by atoms with Crippen molar-refractivity contribution in [3.8, 4) is 5.69 Å². The summed E-state index contributed by atoms with van der Waals surface area (Å²) in [6.07, 6.45) is 9.18. The number of nitrogens with one attached hydrogen (secondary N) is 1. The number of anilines is 1. The zero-order valence-electron chi connectivity index (χ0n) is 15.1. The molecule has 0 saturated heterocycles. The Morgan fingerprint density at radius 3 is 2.54 bits per heavy atom. The van der Waals surface area contributed by atoms with Crippen LogP contribution in [0.4, 0.5) is 5.69 Å². The average molecular weight is 361 g/mol. The van der Waals surface area contributed by atoms with Gasteiger partial charge in [0.15, 0.2) is 0 Å². The Balaban J connectivity index is 1.76. The third kappa shape index (κ3) is 2.63. The van der Waals surface area contributed by atoms with Crippen molar-refractivity contribution >= 4 is 34.0 Å². The van der Waals surface area contributed by atoms with Crippen molar-refractivity contribution in [1.82, 2.24) is 9.55 Å². The van der Waals surface area contributed by atoms with Crippen LogP contribution in [0.2, 0.25) is 0 Å². The van der Waals surface area contributed by atoms with Gasteiger partial charge in [-0.25, -0.2) is 0 Å². The maximum absolute atomic E-state index is 10.7. The summed E-state index contributed by atoms with van der Waals surface area (Å²) < 4.78 is 2.15. The van der Waals surface area contributed by atoms with Gasteiger partial charge in [0.25, 0.3) is 0 Å². The fraction of sp³-hybridized carbons (Fsp3) is 0. The molecule has 4 heteroatoms. The normalized spacial score (nSPS) is 14.4. The predicted octanol–water partition coefficient (Wildman–Crippen LogP) is 5.52. The Hall–Kier alpha value is -3.92. The molecule has 0 atom stereocenters. The summed E-state index contributed by atoms with van der Waals surface area (Å²) in [7, 11) is 0. The molecule has 0 amide bonds. The highest BCUT2D eigenvalue weighted by atomic mass is 15.0. The average Bonchev–Trinajstić information content (AvgIpc) is 3.09. The Labute approximate surface area is 163 Å². The largest absolute Gasteiger partial charge is 0.803 e. The Morgan fingerprint density at radius 2 is 1.71 bits per heavy atom. The monoisotopic (exact) mass is 361 g/mol. The van der Waals surface area contributed by atoms with Gasteiger partial charge in [0.1, 0.15) is 0 Å². The fourth-order valence-electron chi connectivity index (χ4n) is 3.66. The first-order chi connectivity index (χ1) is 13.8. The minimum atomic E-state index is 0.226. The lowest BCUT2D eigenvalue weighted by Gasteiger charge is -2.22. The smallest absolute Gasteiger partial charge is 0.0645 e. The molecular weight excluding hydrogens is 344 g/mol. The highest BCUT2D eigenvalue weighted by Gasteiger charge is 2.21. The summed E-state index contributed by atoms with van der Waals surface area (Å²) in [6, 6.07) is 22.1. The number of hydrogen-bond donors (Lipinski definition) is 1. The molecule has 1 aliphatic rings. The second-order valence-corrected chi connectivity index (χ2v) is 6.61. The molecular formula is C24H17N4-. The van der Waals surface area contributed by atoms with E-state index in [0.29, 0.717) is 0 Å². The van der Waals surface area contributed by atoms with Crippen molar-refractivity contribution in [3.63, 3.8) is 0 Å². The summed E-state index contributed by atoms with van der Waals surface area (Å²) in [5, 5.41) is 15.1. The van der Waals surface area contributed by atoms with E-state index in [0.717, 1.165) is 39.1 Å². The van der Waals surface area contributed by atoms with Gasteiger partial charge in [-0.1, -0.05) is 48.6 Å². The standard InChI is InChI=1S/C24H17N4/c25-22-13-12-20-19-10-4-5-11-23(19)28(18-9-6-14-26-15-18)24(20)21(22)16-27-17-7-2-1-3-8-17/h1-16,27H/q-1/b21-16+. The molecule has 1 aliphatic carbocycles. The number of pyridine rings is 1. The van der Waals surface area contributed by atoms with Gasteiger partial charge in [0.05, 0.1) is 23.1 Å². The minimum absolute atomic E-state index is 0.226. The number of para-hydroxylation sites is 2. The lowest BCUT2D eigenvalue weighted by molar-refractivity contribution is 1.08. The molecule has 28 heavy (non-hydrogen) atoms. The van der Waals surface area contributed by atoms with Gasteiger partial charge in [0, 0.05) is 29.0 Å². The summed E-state index contributed by atoms with van der Waals surface area (Å²) in [5.41, 5.74) is 5.98. The molecule has 0 saturated carbocycles. The van der Waals surface area contributed by atoms with Gasteiger partial charge in [0.2, 0.25) is 0 Å². The van der Waals surface area contributed by atoms with E-state index in [1.165, 1.54) is 0 Å². The third-order valence-electron chi connectivity index (χ3n) is 4.91. The minimum Gasteiger partial charge on any atom is -0.803 e. The molecule has 1 N–H and O–H groups in total. The Morgan fingerprint density at radius 1 is 0.893 bits per heavy atom. The zero-order valence-corrected chi connectivity index (χ0v) is 15.1. The number of rotatable bonds is 3. The molecule has 0 radical (unpaired) electrons. The first-order valence-corrected chi connectivity index (χ1v) is 9.13. The van der Waals surface area contributed by atoms with E-state index in [2.05, 4.69) is 27.0 Å². The molecule has 5 rings (SSSR count). The van der Waals surface area contributed by atoms with Crippen LogP contribution in [-0.4, -0.2) is 15.3 Å². The van der Waals surface area contributed by atoms with Crippen LogP contribution in [0.25, 0.3) is 33.6 Å². The quantitative estimate of drug-likeness (QED) is 0.523. The van der Waals surface area contributed by atoms with Crippen molar-refractivity contribution in [2.45, 2.75) is 0 Å². The summed E-state index contributed by atoms with van der Waals surface area (Å²) in [6.45, 7) is 0. The van der Waals surface area contributed by atoms with Gasteiger partial charge in [-0.15, -0.1) is 5.71 Å². The van der Waals surface area contributed by atoms with Crippen LogP contribution in [0.5, 0.6) is 0 Å². The zero-order chi connectivity index (χ0) is 18.9. The van der Waals surface area contributed by atoms with Crippen molar-refractivity contribution in [2.75, 3.05) is 5.32 Å². The van der Waals surface area contributed by atoms with E-state index in [9.17, 15) is 5.41 Å². The molecule has 0 fully saturated rings.